The van der Waals surface area contributed by atoms with Gasteiger partial charge in [0.05, 0.1) is 12.1 Å². The number of fused-ring (bicyclic) bond motifs is 1. The summed E-state index contributed by atoms with van der Waals surface area (Å²) in [7, 11) is 0. The molecule has 0 spiro atoms. The molecule has 2 saturated heterocycles. The van der Waals surface area contributed by atoms with Gasteiger partial charge in [-0.15, -0.1) is 0 Å². The number of esters is 1. The SMILES string of the molecule is C[C@@H](OC(=O)[C@@H](NC1OC1N[C@H](C(=O)N1C[C@H]2[C@@H]([C@H]1C(=O)NC(CC1CC1)C(=O)C(N)=O)C2(C)C)C(C)(C)C)C(C)(C)C)c1ccccc1. The van der Waals surface area contributed by atoms with Gasteiger partial charge in [-0.1, -0.05) is 98.6 Å². The highest BCUT2D eigenvalue weighted by Crippen LogP contribution is 2.65. The zero-order valence-electron chi connectivity index (χ0n) is 30.4. The monoisotopic (exact) mass is 681 g/mol. The minimum absolute atomic E-state index is 0.0780. The summed E-state index contributed by atoms with van der Waals surface area (Å²) in [5.74, 6) is -2.65. The Morgan fingerprint density at radius 1 is 0.959 bits per heavy atom. The van der Waals surface area contributed by atoms with Crippen LogP contribution in [0.5, 0.6) is 0 Å². The molecule has 2 heterocycles. The third-order valence-electron chi connectivity index (χ3n) is 10.8. The number of nitrogens with one attached hydrogen (secondary N) is 3. The number of Topliss-reactive ketones (excluding diaryl/α,β-unsaturated/α-hetero) is 1. The molecule has 5 rings (SSSR count). The van der Waals surface area contributed by atoms with Crippen LogP contribution >= 0.6 is 0 Å². The predicted octanol–water partition coefficient (Wildman–Crippen LogP) is 2.80. The lowest BCUT2D eigenvalue weighted by molar-refractivity contribution is -0.154. The molecular weight excluding hydrogens is 626 g/mol. The summed E-state index contributed by atoms with van der Waals surface area (Å²) in [6.07, 6.45) is 0.694. The molecule has 3 unspecified atom stereocenters. The standard InChI is InChI=1S/C37H55N5O7/c1-19(21-13-11-10-12-14-21)48-34(47)28(36(5,6)7)41-32-31(49-32)40-27(35(2,3)4)33(46)42-18-22-24(37(22,8)9)25(42)30(45)39-23(17-20-15-16-20)26(43)29(38)44/h10-14,19-20,22-25,27-28,31-32,40-41H,15-18H2,1-9H3,(H2,38,44)(H,39,45)/t19-,22+,23?,24+,25+,27-,28-,31?,32?/m1/s1. The Morgan fingerprint density at radius 2 is 1.53 bits per heavy atom. The third kappa shape index (κ3) is 8.18. The second-order valence-electron chi connectivity index (χ2n) is 17.3. The lowest BCUT2D eigenvalue weighted by Gasteiger charge is -2.38. The average molecular weight is 682 g/mol. The second-order valence-corrected chi connectivity index (χ2v) is 17.3. The molecule has 1 aromatic rings. The first kappa shape index (κ1) is 36.9. The number of nitrogens with zero attached hydrogens (tertiary/aromatic N) is 1. The summed E-state index contributed by atoms with van der Waals surface area (Å²) in [5, 5.41) is 9.48. The normalized spacial score (nSPS) is 28.0. The summed E-state index contributed by atoms with van der Waals surface area (Å²) in [5.41, 5.74) is 5.01. The molecule has 3 amide bonds. The summed E-state index contributed by atoms with van der Waals surface area (Å²) in [6, 6.07) is 6.33. The van der Waals surface area contributed by atoms with E-state index in [2.05, 4.69) is 29.8 Å². The Kier molecular flexibility index (Phi) is 10.1. The van der Waals surface area contributed by atoms with Crippen molar-refractivity contribution in [3.8, 4) is 0 Å². The van der Waals surface area contributed by atoms with Crippen molar-refractivity contribution in [3.05, 3.63) is 35.9 Å². The zero-order valence-corrected chi connectivity index (χ0v) is 30.4. The van der Waals surface area contributed by atoms with Gasteiger partial charge in [-0.3, -0.25) is 34.6 Å². The zero-order chi connectivity index (χ0) is 36.2. The van der Waals surface area contributed by atoms with Gasteiger partial charge < -0.3 is 25.4 Å². The number of likely N-dealkylation sites (tertiary alicyclic amines) is 1. The molecule has 1 aromatic carbocycles. The van der Waals surface area contributed by atoms with Gasteiger partial charge in [-0.25, -0.2) is 0 Å². The van der Waals surface area contributed by atoms with Gasteiger partial charge in [-0.2, -0.15) is 0 Å². The highest BCUT2D eigenvalue weighted by atomic mass is 16.6. The number of hydrogen-bond acceptors (Lipinski definition) is 9. The van der Waals surface area contributed by atoms with Crippen LogP contribution in [0.2, 0.25) is 0 Å². The first-order valence-corrected chi connectivity index (χ1v) is 17.6. The maximum absolute atomic E-state index is 14.4. The van der Waals surface area contributed by atoms with Crippen molar-refractivity contribution < 1.29 is 33.4 Å². The third-order valence-corrected chi connectivity index (χ3v) is 10.8. The van der Waals surface area contributed by atoms with Gasteiger partial charge in [0.2, 0.25) is 17.6 Å². The lowest BCUT2D eigenvalue weighted by atomic mass is 9.85. The van der Waals surface area contributed by atoms with Gasteiger partial charge in [0, 0.05) is 6.54 Å². The Morgan fingerprint density at radius 3 is 2.06 bits per heavy atom. The van der Waals surface area contributed by atoms with E-state index in [1.54, 1.807) is 4.90 Å². The summed E-state index contributed by atoms with van der Waals surface area (Å²) >= 11 is 0. The molecule has 9 atom stereocenters. The molecule has 270 valence electrons. The van der Waals surface area contributed by atoms with E-state index in [4.69, 9.17) is 15.2 Å². The molecule has 49 heavy (non-hydrogen) atoms. The maximum Gasteiger partial charge on any atom is 0.324 e. The van der Waals surface area contributed by atoms with Crippen LogP contribution in [0, 0.1) is 34.0 Å². The Balaban J connectivity index is 1.27. The molecular formula is C37H55N5O7. The number of ketones is 1. The molecule has 0 bridgehead atoms. The van der Waals surface area contributed by atoms with E-state index in [0.717, 1.165) is 18.4 Å². The molecule has 5 N–H and O–H groups in total. The van der Waals surface area contributed by atoms with Crippen molar-refractivity contribution in [3.63, 3.8) is 0 Å². The molecule has 2 aliphatic carbocycles. The van der Waals surface area contributed by atoms with Crippen LogP contribution in [-0.2, 0) is 33.4 Å². The number of ether oxygens (including phenoxy) is 2. The van der Waals surface area contributed by atoms with E-state index in [-0.39, 0.29) is 29.1 Å². The Labute approximate surface area is 290 Å². The van der Waals surface area contributed by atoms with E-state index >= 15 is 0 Å². The van der Waals surface area contributed by atoms with Crippen molar-refractivity contribution in [2.45, 2.75) is 124 Å². The van der Waals surface area contributed by atoms with Crippen molar-refractivity contribution in [1.82, 2.24) is 20.9 Å². The maximum atomic E-state index is 14.4. The number of nitrogens with two attached hydrogens (primary N) is 1. The van der Waals surface area contributed by atoms with Crippen LogP contribution in [0.25, 0.3) is 0 Å². The van der Waals surface area contributed by atoms with E-state index < -0.39 is 77.1 Å². The van der Waals surface area contributed by atoms with Crippen LogP contribution in [0.1, 0.15) is 93.2 Å². The molecule has 0 radical (unpaired) electrons. The molecule has 4 fully saturated rings. The minimum Gasteiger partial charge on any atom is -0.457 e. The molecule has 4 aliphatic rings. The van der Waals surface area contributed by atoms with Gasteiger partial charge >= 0.3 is 5.97 Å². The van der Waals surface area contributed by atoms with Gasteiger partial charge in [-0.05, 0) is 52.9 Å². The molecule has 2 aliphatic heterocycles. The van der Waals surface area contributed by atoms with E-state index in [1.807, 2.05) is 78.8 Å². The van der Waals surface area contributed by atoms with Crippen LogP contribution < -0.4 is 21.7 Å². The number of primary amides is 1. The summed E-state index contributed by atoms with van der Waals surface area (Å²) < 4.78 is 11.8. The average Bonchev–Trinajstić information content (AvgIpc) is 3.96. The fourth-order valence-corrected chi connectivity index (χ4v) is 7.42. The van der Waals surface area contributed by atoms with E-state index in [1.165, 1.54) is 0 Å². The van der Waals surface area contributed by atoms with Crippen LogP contribution in [0.4, 0.5) is 0 Å². The second kappa shape index (κ2) is 13.4. The highest BCUT2D eigenvalue weighted by molar-refractivity contribution is 6.37. The van der Waals surface area contributed by atoms with Crippen molar-refractivity contribution >= 4 is 29.5 Å². The molecule has 2 saturated carbocycles. The summed E-state index contributed by atoms with van der Waals surface area (Å²) in [6.45, 7) is 18.1. The molecule has 0 aromatic heterocycles. The predicted molar refractivity (Wildman–Crippen MR) is 182 cm³/mol. The number of carbonyl (C=O) groups excluding carboxylic acids is 5. The molecule has 12 nitrogen and oxygen atoms in total. The fraction of sp³-hybridized carbons (Fsp3) is 0.703. The number of hydrogen-bond donors (Lipinski definition) is 4. The number of epoxide rings is 1. The Hall–Kier alpha value is -3.35. The number of carbonyl (C=O) groups is 5. The first-order chi connectivity index (χ1) is 22.7. The van der Waals surface area contributed by atoms with Crippen molar-refractivity contribution in [2.24, 2.45) is 39.7 Å². The Bertz CT molecular complexity index is 1450. The number of rotatable bonds is 14. The largest absolute Gasteiger partial charge is 0.457 e. The van der Waals surface area contributed by atoms with Gasteiger partial charge in [0.25, 0.3) is 5.91 Å². The minimum atomic E-state index is -1.08. The summed E-state index contributed by atoms with van der Waals surface area (Å²) in [4.78, 5) is 67.8. The fourth-order valence-electron chi connectivity index (χ4n) is 7.42. The van der Waals surface area contributed by atoms with Crippen LogP contribution in [0.15, 0.2) is 30.3 Å². The van der Waals surface area contributed by atoms with Gasteiger partial charge in [0.15, 0.2) is 12.5 Å². The van der Waals surface area contributed by atoms with Crippen molar-refractivity contribution in [1.29, 1.82) is 0 Å². The highest BCUT2D eigenvalue weighted by Gasteiger charge is 2.70. The lowest BCUT2D eigenvalue weighted by Crippen LogP contribution is -2.60. The number of piperidine rings is 1. The van der Waals surface area contributed by atoms with Gasteiger partial charge in [0.1, 0.15) is 18.2 Å². The quantitative estimate of drug-likeness (QED) is 0.131. The smallest absolute Gasteiger partial charge is 0.324 e. The van der Waals surface area contributed by atoms with Crippen LogP contribution in [-0.4, -0.2) is 77.5 Å². The molecule has 12 heteroatoms. The van der Waals surface area contributed by atoms with Crippen LogP contribution in [0.3, 0.4) is 0 Å². The van der Waals surface area contributed by atoms with E-state index in [0.29, 0.717) is 13.0 Å². The first-order valence-electron chi connectivity index (χ1n) is 17.6. The van der Waals surface area contributed by atoms with E-state index in [9.17, 15) is 24.0 Å². The topological polar surface area (TPSA) is 172 Å². The van der Waals surface area contributed by atoms with Crippen molar-refractivity contribution in [2.75, 3.05) is 6.54 Å². The number of amides is 3. The number of benzene rings is 1.